The van der Waals surface area contributed by atoms with Crippen LogP contribution < -0.4 is 4.74 Å². The van der Waals surface area contributed by atoms with Crippen molar-refractivity contribution < 1.29 is 21.9 Å². The lowest BCUT2D eigenvalue weighted by molar-refractivity contribution is -0.0504. The number of ether oxygens (including phenoxy) is 1. The normalized spacial score (nSPS) is 11.9. The third kappa shape index (κ3) is 4.44. The topological polar surface area (TPSA) is 61.2 Å². The first-order valence-electron chi connectivity index (χ1n) is 9.52. The van der Waals surface area contributed by atoms with Crippen LogP contribution in [0, 0.1) is 6.92 Å². The van der Waals surface area contributed by atoms with Crippen molar-refractivity contribution in [2.45, 2.75) is 25.0 Å². The maximum Gasteiger partial charge on any atom is 0.387 e. The second kappa shape index (κ2) is 8.11. The van der Waals surface area contributed by atoms with Crippen molar-refractivity contribution >= 4 is 20.9 Å². The molecule has 3 aromatic carbocycles. The molecule has 0 aliphatic heterocycles. The van der Waals surface area contributed by atoms with Gasteiger partial charge < -0.3 is 9.30 Å². The molecule has 0 bridgehead atoms. The lowest BCUT2D eigenvalue weighted by Gasteiger charge is -2.13. The van der Waals surface area contributed by atoms with Crippen LogP contribution in [0.3, 0.4) is 0 Å². The highest BCUT2D eigenvalue weighted by Crippen LogP contribution is 2.28. The van der Waals surface area contributed by atoms with Gasteiger partial charge in [0.1, 0.15) is 11.6 Å². The first-order valence-corrected chi connectivity index (χ1v) is 11.4. The van der Waals surface area contributed by atoms with E-state index in [1.807, 2.05) is 29.7 Å². The highest BCUT2D eigenvalue weighted by molar-refractivity contribution is 7.90. The summed E-state index contributed by atoms with van der Waals surface area (Å²) in [7, 11) is -3.27. The summed E-state index contributed by atoms with van der Waals surface area (Å²) in [4.78, 5) is 4.83. The number of hydrogen-bond donors (Lipinski definition) is 0. The number of fused-ring (bicyclic) bond motifs is 1. The van der Waals surface area contributed by atoms with Gasteiger partial charge in [-0.2, -0.15) is 8.78 Å². The Hall–Kier alpha value is -3.26. The Labute approximate surface area is 178 Å². The largest absolute Gasteiger partial charge is 0.434 e. The zero-order valence-electron chi connectivity index (χ0n) is 16.9. The molecule has 4 aromatic rings. The van der Waals surface area contributed by atoms with E-state index in [1.54, 1.807) is 42.5 Å². The van der Waals surface area contributed by atoms with Gasteiger partial charge >= 0.3 is 6.61 Å². The van der Waals surface area contributed by atoms with E-state index in [4.69, 9.17) is 0 Å². The fraction of sp³-hybridized carbons (Fsp3) is 0.174. The van der Waals surface area contributed by atoms with Crippen LogP contribution in [-0.4, -0.2) is 30.8 Å². The van der Waals surface area contributed by atoms with E-state index in [-0.39, 0.29) is 10.6 Å². The lowest BCUT2D eigenvalue weighted by atomic mass is 10.1. The Morgan fingerprint density at radius 2 is 1.68 bits per heavy atom. The van der Waals surface area contributed by atoms with Crippen molar-refractivity contribution in [3.8, 4) is 16.9 Å². The number of halogens is 2. The SMILES string of the molecule is Cc1nc2ccc(-c3ccc(S(C)(=O)=O)cc3)cc2n1Cc1ccccc1OC(F)F. The molecule has 0 aliphatic carbocycles. The summed E-state index contributed by atoms with van der Waals surface area (Å²) in [6, 6.07) is 19.1. The van der Waals surface area contributed by atoms with E-state index in [2.05, 4.69) is 9.72 Å². The van der Waals surface area contributed by atoms with Crippen LogP contribution in [0.1, 0.15) is 11.4 Å². The molecule has 4 rings (SSSR count). The quantitative estimate of drug-likeness (QED) is 0.419. The lowest BCUT2D eigenvalue weighted by Crippen LogP contribution is -2.08. The molecule has 0 radical (unpaired) electrons. The highest BCUT2D eigenvalue weighted by atomic mass is 32.2. The van der Waals surface area contributed by atoms with Gasteiger partial charge in [0.25, 0.3) is 0 Å². The third-order valence-corrected chi connectivity index (χ3v) is 6.20. The van der Waals surface area contributed by atoms with E-state index < -0.39 is 16.4 Å². The maximum atomic E-state index is 12.8. The number of hydrogen-bond acceptors (Lipinski definition) is 4. The molecule has 0 atom stereocenters. The van der Waals surface area contributed by atoms with Gasteiger partial charge in [0.15, 0.2) is 9.84 Å². The van der Waals surface area contributed by atoms with E-state index in [0.29, 0.717) is 12.1 Å². The average molecular weight is 442 g/mol. The number of imidazole rings is 1. The molecule has 0 saturated heterocycles. The molecular weight excluding hydrogens is 422 g/mol. The van der Waals surface area contributed by atoms with Gasteiger partial charge in [-0.1, -0.05) is 36.4 Å². The molecule has 5 nitrogen and oxygen atoms in total. The molecule has 0 fully saturated rings. The van der Waals surface area contributed by atoms with Crippen LogP contribution in [0.25, 0.3) is 22.2 Å². The zero-order chi connectivity index (χ0) is 22.2. The number of alkyl halides is 2. The molecule has 0 aliphatic rings. The molecule has 0 spiro atoms. The van der Waals surface area contributed by atoms with Crippen LogP contribution >= 0.6 is 0 Å². The van der Waals surface area contributed by atoms with Crippen molar-refractivity contribution in [3.05, 3.63) is 78.1 Å². The Balaban J connectivity index is 1.74. The zero-order valence-corrected chi connectivity index (χ0v) is 17.7. The molecule has 1 heterocycles. The van der Waals surface area contributed by atoms with Gasteiger partial charge in [-0.05, 0) is 48.4 Å². The van der Waals surface area contributed by atoms with E-state index >= 15 is 0 Å². The minimum Gasteiger partial charge on any atom is -0.434 e. The summed E-state index contributed by atoms with van der Waals surface area (Å²) in [6.07, 6.45) is 1.17. The summed E-state index contributed by atoms with van der Waals surface area (Å²) >= 11 is 0. The molecule has 160 valence electrons. The smallest absolute Gasteiger partial charge is 0.387 e. The molecule has 0 amide bonds. The number of benzene rings is 3. The highest BCUT2D eigenvalue weighted by Gasteiger charge is 2.14. The van der Waals surface area contributed by atoms with Gasteiger partial charge in [-0.15, -0.1) is 0 Å². The number of aryl methyl sites for hydroxylation is 1. The number of rotatable bonds is 6. The van der Waals surface area contributed by atoms with Gasteiger partial charge in [-0.25, -0.2) is 13.4 Å². The molecule has 0 N–H and O–H groups in total. The van der Waals surface area contributed by atoms with Crippen LogP contribution in [0.15, 0.2) is 71.6 Å². The van der Waals surface area contributed by atoms with Crippen LogP contribution in [0.5, 0.6) is 5.75 Å². The predicted octanol–water partition coefficient (Wildman–Crippen LogP) is 5.06. The summed E-state index contributed by atoms with van der Waals surface area (Å²) in [6.45, 7) is -0.720. The molecule has 0 saturated carbocycles. The van der Waals surface area contributed by atoms with Crippen LogP contribution in [0.2, 0.25) is 0 Å². The Bertz CT molecular complexity index is 1350. The van der Waals surface area contributed by atoms with Gasteiger partial charge in [0.2, 0.25) is 0 Å². The first kappa shape index (κ1) is 21.0. The summed E-state index contributed by atoms with van der Waals surface area (Å²) in [5.41, 5.74) is 4.00. The average Bonchev–Trinajstić information content (AvgIpc) is 3.03. The second-order valence-electron chi connectivity index (χ2n) is 7.23. The number of sulfone groups is 1. The Morgan fingerprint density at radius 3 is 2.35 bits per heavy atom. The van der Waals surface area contributed by atoms with Gasteiger partial charge in [0, 0.05) is 11.8 Å². The second-order valence-corrected chi connectivity index (χ2v) is 9.25. The van der Waals surface area contributed by atoms with Crippen molar-refractivity contribution in [2.24, 2.45) is 0 Å². The van der Waals surface area contributed by atoms with E-state index in [0.717, 1.165) is 28.0 Å². The Kier molecular flexibility index (Phi) is 5.49. The third-order valence-electron chi connectivity index (χ3n) is 5.07. The standard InChI is InChI=1S/C23H20F2N2O3S/c1-15-26-20-12-9-17(16-7-10-19(11-8-16)31(2,28)29)13-21(20)27(15)14-18-5-3-4-6-22(18)30-23(24)25/h3-13,23H,14H2,1-2H3. The van der Waals surface area contributed by atoms with Crippen molar-refractivity contribution in [2.75, 3.05) is 6.26 Å². The van der Waals surface area contributed by atoms with Crippen LogP contribution in [0.4, 0.5) is 8.78 Å². The molecular formula is C23H20F2N2O3S. The minimum absolute atomic E-state index is 0.131. The predicted molar refractivity (Wildman–Crippen MR) is 115 cm³/mol. The number of para-hydroxylation sites is 1. The van der Waals surface area contributed by atoms with E-state index in [9.17, 15) is 17.2 Å². The van der Waals surface area contributed by atoms with Crippen LogP contribution in [-0.2, 0) is 16.4 Å². The number of nitrogens with zero attached hydrogens (tertiary/aromatic N) is 2. The van der Waals surface area contributed by atoms with Crippen molar-refractivity contribution in [1.29, 1.82) is 0 Å². The summed E-state index contributed by atoms with van der Waals surface area (Å²) in [5.74, 6) is 0.873. The van der Waals surface area contributed by atoms with Gasteiger partial charge in [0.05, 0.1) is 22.5 Å². The van der Waals surface area contributed by atoms with Gasteiger partial charge in [-0.3, -0.25) is 0 Å². The summed E-state index contributed by atoms with van der Waals surface area (Å²) < 4.78 is 55.6. The van der Waals surface area contributed by atoms with Crippen molar-refractivity contribution in [1.82, 2.24) is 9.55 Å². The maximum absolute atomic E-state index is 12.8. The molecule has 0 unspecified atom stereocenters. The van der Waals surface area contributed by atoms with Crippen molar-refractivity contribution in [3.63, 3.8) is 0 Å². The Morgan fingerprint density at radius 1 is 1.00 bits per heavy atom. The number of aromatic nitrogens is 2. The minimum atomic E-state index is -3.27. The first-order chi connectivity index (χ1) is 14.7. The molecule has 1 aromatic heterocycles. The molecule has 8 heteroatoms. The fourth-order valence-corrected chi connectivity index (χ4v) is 4.16. The molecule has 31 heavy (non-hydrogen) atoms. The fourth-order valence-electron chi connectivity index (χ4n) is 3.53. The monoisotopic (exact) mass is 442 g/mol. The summed E-state index contributed by atoms with van der Waals surface area (Å²) in [5, 5.41) is 0. The van der Waals surface area contributed by atoms with E-state index in [1.165, 1.54) is 12.3 Å².